The standard InChI is InChI=1S/C18H17NO2/c1-2-21-18(20)16-12-13-8-6-7-11-15(13)17(16)19-14-9-4-3-5-10-14/h3-12,17,19H,2H2,1H3. The van der Waals surface area contributed by atoms with Crippen LogP contribution in [0.2, 0.25) is 0 Å². The third-order valence-corrected chi connectivity index (χ3v) is 3.52. The summed E-state index contributed by atoms with van der Waals surface area (Å²) < 4.78 is 5.18. The number of anilines is 1. The van der Waals surface area contributed by atoms with Gasteiger partial charge in [-0.15, -0.1) is 0 Å². The minimum absolute atomic E-state index is 0.164. The Labute approximate surface area is 124 Å². The molecule has 0 bridgehead atoms. The zero-order valence-corrected chi connectivity index (χ0v) is 11.9. The highest BCUT2D eigenvalue weighted by Crippen LogP contribution is 2.37. The number of hydrogen-bond donors (Lipinski definition) is 1. The van der Waals surface area contributed by atoms with Gasteiger partial charge in [0.15, 0.2) is 0 Å². The van der Waals surface area contributed by atoms with Crippen molar-refractivity contribution in [3.63, 3.8) is 0 Å². The molecule has 1 unspecified atom stereocenters. The zero-order chi connectivity index (χ0) is 14.7. The molecule has 0 aliphatic heterocycles. The van der Waals surface area contributed by atoms with E-state index in [4.69, 9.17) is 4.74 Å². The number of ether oxygens (including phenoxy) is 1. The molecular formula is C18H17NO2. The van der Waals surface area contributed by atoms with Crippen LogP contribution in [0.5, 0.6) is 0 Å². The predicted octanol–water partition coefficient (Wildman–Crippen LogP) is 3.80. The van der Waals surface area contributed by atoms with E-state index in [1.54, 1.807) is 0 Å². The summed E-state index contributed by atoms with van der Waals surface area (Å²) in [5.74, 6) is -0.262. The molecule has 0 amide bonds. The maximum Gasteiger partial charge on any atom is 0.336 e. The topological polar surface area (TPSA) is 38.3 Å². The SMILES string of the molecule is CCOC(=O)C1=Cc2ccccc2C1Nc1ccccc1. The molecule has 1 aliphatic carbocycles. The molecule has 3 nitrogen and oxygen atoms in total. The number of carbonyl (C=O) groups excluding carboxylic acids is 1. The van der Waals surface area contributed by atoms with Crippen molar-refractivity contribution in [3.8, 4) is 0 Å². The number of para-hydroxylation sites is 1. The van der Waals surface area contributed by atoms with Crippen LogP contribution in [0.3, 0.4) is 0 Å². The Kier molecular flexibility index (Phi) is 3.73. The number of hydrogen-bond acceptors (Lipinski definition) is 3. The van der Waals surface area contributed by atoms with Crippen LogP contribution in [-0.4, -0.2) is 12.6 Å². The van der Waals surface area contributed by atoms with Gasteiger partial charge in [-0.1, -0.05) is 42.5 Å². The smallest absolute Gasteiger partial charge is 0.336 e. The highest BCUT2D eigenvalue weighted by atomic mass is 16.5. The van der Waals surface area contributed by atoms with Gasteiger partial charge in [-0.05, 0) is 36.3 Å². The van der Waals surface area contributed by atoms with Gasteiger partial charge in [-0.2, -0.15) is 0 Å². The number of esters is 1. The fourth-order valence-electron chi connectivity index (χ4n) is 2.57. The lowest BCUT2D eigenvalue weighted by Crippen LogP contribution is -2.18. The van der Waals surface area contributed by atoms with Crippen LogP contribution in [0.1, 0.15) is 24.1 Å². The second-order valence-corrected chi connectivity index (χ2v) is 4.89. The molecule has 106 valence electrons. The van der Waals surface area contributed by atoms with Gasteiger partial charge in [0.1, 0.15) is 0 Å². The molecule has 2 aromatic rings. The zero-order valence-electron chi connectivity index (χ0n) is 11.9. The van der Waals surface area contributed by atoms with Crippen molar-refractivity contribution in [2.24, 2.45) is 0 Å². The van der Waals surface area contributed by atoms with Crippen LogP contribution in [-0.2, 0) is 9.53 Å². The van der Waals surface area contributed by atoms with E-state index >= 15 is 0 Å². The van der Waals surface area contributed by atoms with Crippen molar-refractivity contribution >= 4 is 17.7 Å². The van der Waals surface area contributed by atoms with E-state index in [9.17, 15) is 4.79 Å². The van der Waals surface area contributed by atoms with Gasteiger partial charge >= 0.3 is 5.97 Å². The van der Waals surface area contributed by atoms with Gasteiger partial charge in [0, 0.05) is 5.69 Å². The lowest BCUT2D eigenvalue weighted by Gasteiger charge is -2.19. The Bertz CT molecular complexity index is 677. The average molecular weight is 279 g/mol. The molecule has 3 heteroatoms. The third kappa shape index (κ3) is 2.68. The number of fused-ring (bicyclic) bond motifs is 1. The van der Waals surface area contributed by atoms with Crippen LogP contribution in [0.15, 0.2) is 60.2 Å². The normalized spacial score (nSPS) is 16.0. The van der Waals surface area contributed by atoms with Crippen LogP contribution in [0, 0.1) is 0 Å². The van der Waals surface area contributed by atoms with Crippen molar-refractivity contribution in [1.82, 2.24) is 0 Å². The molecule has 0 radical (unpaired) electrons. The van der Waals surface area contributed by atoms with E-state index < -0.39 is 0 Å². The summed E-state index contributed by atoms with van der Waals surface area (Å²) in [6.45, 7) is 2.20. The fraction of sp³-hybridized carbons (Fsp3) is 0.167. The summed E-state index contributed by atoms with van der Waals surface area (Å²) in [7, 11) is 0. The Morgan fingerprint density at radius 1 is 1.10 bits per heavy atom. The molecule has 0 heterocycles. The van der Waals surface area contributed by atoms with Gasteiger partial charge in [0.05, 0.1) is 18.2 Å². The molecule has 0 spiro atoms. The van der Waals surface area contributed by atoms with Gasteiger partial charge in [-0.25, -0.2) is 4.79 Å². The van der Waals surface area contributed by atoms with Crippen molar-refractivity contribution in [3.05, 3.63) is 71.3 Å². The van der Waals surface area contributed by atoms with Crippen molar-refractivity contribution in [2.45, 2.75) is 13.0 Å². The Morgan fingerprint density at radius 3 is 2.57 bits per heavy atom. The van der Waals surface area contributed by atoms with Crippen molar-refractivity contribution < 1.29 is 9.53 Å². The number of benzene rings is 2. The molecule has 0 aromatic heterocycles. The maximum absolute atomic E-state index is 12.2. The first-order chi connectivity index (χ1) is 10.3. The summed E-state index contributed by atoms with van der Waals surface area (Å²) in [6, 6.07) is 17.7. The first-order valence-corrected chi connectivity index (χ1v) is 7.09. The highest BCUT2D eigenvalue weighted by molar-refractivity contribution is 5.98. The van der Waals surface area contributed by atoms with E-state index in [2.05, 4.69) is 5.32 Å². The van der Waals surface area contributed by atoms with Gasteiger partial charge in [-0.3, -0.25) is 0 Å². The fourth-order valence-corrected chi connectivity index (χ4v) is 2.57. The number of carbonyl (C=O) groups is 1. The summed E-state index contributed by atoms with van der Waals surface area (Å²) in [5.41, 5.74) is 3.80. The Balaban J connectivity index is 1.94. The minimum Gasteiger partial charge on any atom is -0.463 e. The molecule has 0 saturated heterocycles. The van der Waals surface area contributed by atoms with Gasteiger partial charge < -0.3 is 10.1 Å². The minimum atomic E-state index is -0.262. The lowest BCUT2D eigenvalue weighted by molar-refractivity contribution is -0.138. The third-order valence-electron chi connectivity index (χ3n) is 3.52. The van der Waals surface area contributed by atoms with Crippen LogP contribution >= 0.6 is 0 Å². The summed E-state index contributed by atoms with van der Waals surface area (Å²) in [4.78, 5) is 12.2. The summed E-state index contributed by atoms with van der Waals surface area (Å²) in [6.07, 6.45) is 1.91. The predicted molar refractivity (Wildman–Crippen MR) is 83.9 cm³/mol. The van der Waals surface area contributed by atoms with E-state index in [1.165, 1.54) is 0 Å². The molecule has 1 N–H and O–H groups in total. The van der Waals surface area contributed by atoms with Crippen LogP contribution in [0.25, 0.3) is 6.08 Å². The van der Waals surface area contributed by atoms with E-state index in [1.807, 2.05) is 67.6 Å². The molecule has 3 rings (SSSR count). The Morgan fingerprint density at radius 2 is 1.81 bits per heavy atom. The molecule has 2 aromatic carbocycles. The number of nitrogens with one attached hydrogen (secondary N) is 1. The Hall–Kier alpha value is -2.55. The molecule has 1 aliphatic rings. The molecule has 1 atom stereocenters. The molecule has 0 fully saturated rings. The quantitative estimate of drug-likeness (QED) is 0.865. The average Bonchev–Trinajstić information content (AvgIpc) is 2.88. The first-order valence-electron chi connectivity index (χ1n) is 7.09. The largest absolute Gasteiger partial charge is 0.463 e. The summed E-state index contributed by atoms with van der Waals surface area (Å²) >= 11 is 0. The van der Waals surface area contributed by atoms with Gasteiger partial charge in [0.25, 0.3) is 0 Å². The van der Waals surface area contributed by atoms with E-state index in [0.29, 0.717) is 12.2 Å². The van der Waals surface area contributed by atoms with Crippen LogP contribution < -0.4 is 5.32 Å². The maximum atomic E-state index is 12.2. The molecule has 21 heavy (non-hydrogen) atoms. The molecule has 0 saturated carbocycles. The lowest BCUT2D eigenvalue weighted by atomic mass is 10.0. The van der Waals surface area contributed by atoms with Crippen molar-refractivity contribution in [1.29, 1.82) is 0 Å². The van der Waals surface area contributed by atoms with Crippen molar-refractivity contribution in [2.75, 3.05) is 11.9 Å². The highest BCUT2D eigenvalue weighted by Gasteiger charge is 2.30. The van der Waals surface area contributed by atoms with E-state index in [-0.39, 0.29) is 12.0 Å². The summed E-state index contributed by atoms with van der Waals surface area (Å²) in [5, 5.41) is 3.42. The monoisotopic (exact) mass is 279 g/mol. The second kappa shape index (κ2) is 5.83. The van der Waals surface area contributed by atoms with Gasteiger partial charge in [0.2, 0.25) is 0 Å². The number of rotatable bonds is 4. The second-order valence-electron chi connectivity index (χ2n) is 4.89. The first kappa shape index (κ1) is 13.4. The molecular weight excluding hydrogens is 262 g/mol. The van der Waals surface area contributed by atoms with E-state index in [0.717, 1.165) is 16.8 Å². The van der Waals surface area contributed by atoms with Crippen LogP contribution in [0.4, 0.5) is 5.69 Å².